The van der Waals surface area contributed by atoms with Gasteiger partial charge in [0.25, 0.3) is 18.2 Å². The highest BCUT2D eigenvalue weighted by Gasteiger charge is 2.38. The first-order valence-electron chi connectivity index (χ1n) is 12.7. The van der Waals surface area contributed by atoms with Crippen LogP contribution >= 0.6 is 12.2 Å². The van der Waals surface area contributed by atoms with Gasteiger partial charge in [-0.05, 0) is 58.9 Å². The molecule has 2 heterocycles. The first kappa shape index (κ1) is 30.8. The minimum atomic E-state index is -4.63. The Hall–Kier alpha value is -2.74. The van der Waals surface area contributed by atoms with E-state index in [9.17, 15) is 36.6 Å². The van der Waals surface area contributed by atoms with E-state index in [1.165, 1.54) is 11.8 Å². The zero-order valence-electron chi connectivity index (χ0n) is 21.8. The largest absolute Gasteiger partial charge is 0.408 e. The van der Waals surface area contributed by atoms with Crippen LogP contribution in [0.1, 0.15) is 70.4 Å². The molecule has 2 aliphatic rings. The van der Waals surface area contributed by atoms with Crippen LogP contribution in [-0.2, 0) is 9.59 Å². The average Bonchev–Trinajstić information content (AvgIpc) is 3.48. The number of carbonyl (C=O) groups is 2. The van der Waals surface area contributed by atoms with Crippen molar-refractivity contribution < 1.29 is 36.6 Å². The predicted molar refractivity (Wildman–Crippen MR) is 139 cm³/mol. The molecule has 14 heteroatoms. The number of carbonyl (C=O) groups excluding carboxylic acids is 2. The lowest BCUT2D eigenvalue weighted by molar-refractivity contribution is -0.138. The third kappa shape index (κ3) is 7.68. The molecule has 0 spiro atoms. The number of aliphatic hydroxyl groups excluding tert-OH is 1. The quantitative estimate of drug-likeness (QED) is 0.178. The van der Waals surface area contributed by atoms with Gasteiger partial charge in [0, 0.05) is 36.0 Å². The molecule has 216 valence electrons. The Labute approximate surface area is 228 Å². The van der Waals surface area contributed by atoms with Crippen LogP contribution in [0.5, 0.6) is 0 Å². The molecular formula is C25H32F5N5O3S. The third-order valence-electron chi connectivity index (χ3n) is 7.00. The van der Waals surface area contributed by atoms with Gasteiger partial charge in [-0.25, -0.2) is 13.8 Å². The molecule has 1 aliphatic heterocycles. The molecule has 1 saturated heterocycles. The predicted octanol–water partition coefficient (Wildman–Crippen LogP) is 3.97. The lowest BCUT2D eigenvalue weighted by Gasteiger charge is -2.26. The first-order chi connectivity index (χ1) is 18.2. The van der Waals surface area contributed by atoms with E-state index in [1.54, 1.807) is 0 Å². The molecule has 1 unspecified atom stereocenters. The number of nitrogens with zero attached hydrogens (tertiary/aromatic N) is 3. The number of aliphatic imine (C=N–C) groups is 1. The molecule has 2 fully saturated rings. The van der Waals surface area contributed by atoms with Gasteiger partial charge in [0.1, 0.15) is 11.9 Å². The smallest absolute Gasteiger partial charge is 0.393 e. The van der Waals surface area contributed by atoms with Crippen molar-refractivity contribution in [1.82, 2.24) is 15.2 Å². The maximum absolute atomic E-state index is 14.1. The summed E-state index contributed by atoms with van der Waals surface area (Å²) in [6.45, 7) is 4.42. The van der Waals surface area contributed by atoms with E-state index >= 15 is 0 Å². The summed E-state index contributed by atoms with van der Waals surface area (Å²) in [5.74, 6) is -1.59. The fraction of sp³-hybridized carbons (Fsp3) is 0.640. The second kappa shape index (κ2) is 12.6. The number of amides is 2. The molecule has 0 aromatic carbocycles. The number of aliphatic hydroxyl groups is 1. The number of hydrogen-bond acceptors (Lipinski definition) is 7. The minimum Gasteiger partial charge on any atom is -0.393 e. The van der Waals surface area contributed by atoms with Gasteiger partial charge < -0.3 is 20.6 Å². The van der Waals surface area contributed by atoms with E-state index in [-0.39, 0.29) is 28.2 Å². The van der Waals surface area contributed by atoms with Crippen molar-refractivity contribution in [2.24, 2.45) is 4.99 Å². The van der Waals surface area contributed by atoms with Crippen molar-refractivity contribution in [3.63, 3.8) is 0 Å². The zero-order chi connectivity index (χ0) is 29.1. The second-order valence-corrected chi connectivity index (χ2v) is 10.4. The number of pyridine rings is 1. The number of alkyl halides is 5. The zero-order valence-corrected chi connectivity index (χ0v) is 22.6. The van der Waals surface area contributed by atoms with Crippen molar-refractivity contribution in [2.45, 2.75) is 95.7 Å². The van der Waals surface area contributed by atoms with Crippen LogP contribution in [0.4, 0.5) is 27.8 Å². The summed E-state index contributed by atoms with van der Waals surface area (Å²) in [6, 6.07) is -3.22. The molecule has 0 bridgehead atoms. The van der Waals surface area contributed by atoms with E-state index in [1.807, 2.05) is 12.2 Å². The van der Waals surface area contributed by atoms with Gasteiger partial charge in [-0.3, -0.25) is 14.6 Å². The van der Waals surface area contributed by atoms with Crippen LogP contribution in [-0.4, -0.2) is 80.4 Å². The number of likely N-dealkylation sites (tertiary alicyclic amines) is 1. The summed E-state index contributed by atoms with van der Waals surface area (Å²) < 4.78 is 67.0. The Morgan fingerprint density at radius 1 is 1.26 bits per heavy atom. The summed E-state index contributed by atoms with van der Waals surface area (Å²) in [5, 5.41) is 14.5. The SMILES string of the molecule is C/C(=N\C(C(=O)N1CCC[C@@H]1C)C(=S)c1cnc(N[C@@H](C)C(F)(F)F)cc1C(F)F)C(=O)N[C@@H]1CC[C@@H](O)C1. The van der Waals surface area contributed by atoms with Gasteiger partial charge in [-0.2, -0.15) is 13.2 Å². The van der Waals surface area contributed by atoms with Gasteiger partial charge in [-0.1, -0.05) is 12.2 Å². The number of halogens is 5. The Morgan fingerprint density at radius 3 is 2.49 bits per heavy atom. The van der Waals surface area contributed by atoms with Crippen molar-refractivity contribution in [3.8, 4) is 0 Å². The first-order valence-corrected chi connectivity index (χ1v) is 13.1. The summed E-state index contributed by atoms with van der Waals surface area (Å²) in [7, 11) is 0. The Kier molecular flexibility index (Phi) is 9.97. The van der Waals surface area contributed by atoms with Crippen molar-refractivity contribution in [2.75, 3.05) is 11.9 Å². The van der Waals surface area contributed by atoms with E-state index in [2.05, 4.69) is 15.3 Å². The molecule has 39 heavy (non-hydrogen) atoms. The molecule has 1 aliphatic carbocycles. The van der Waals surface area contributed by atoms with Crippen molar-refractivity contribution >= 4 is 40.4 Å². The highest BCUT2D eigenvalue weighted by molar-refractivity contribution is 7.81. The van der Waals surface area contributed by atoms with Gasteiger partial charge in [0.15, 0.2) is 6.04 Å². The van der Waals surface area contributed by atoms with Crippen LogP contribution in [0.3, 0.4) is 0 Å². The summed E-state index contributed by atoms with van der Waals surface area (Å²) in [5.41, 5.74) is -1.13. The van der Waals surface area contributed by atoms with Crippen LogP contribution in [0, 0.1) is 0 Å². The molecule has 8 nitrogen and oxygen atoms in total. The fourth-order valence-corrected chi connectivity index (χ4v) is 4.99. The lowest BCUT2D eigenvalue weighted by Crippen LogP contribution is -2.45. The Morgan fingerprint density at radius 2 is 1.95 bits per heavy atom. The number of thiocarbonyl (C=S) groups is 1. The van der Waals surface area contributed by atoms with Crippen molar-refractivity contribution in [1.29, 1.82) is 0 Å². The molecule has 2 amide bonds. The van der Waals surface area contributed by atoms with Gasteiger partial charge in [0.2, 0.25) is 0 Å². The average molecular weight is 578 g/mol. The van der Waals surface area contributed by atoms with Gasteiger partial charge in [0.05, 0.1) is 16.7 Å². The summed E-state index contributed by atoms with van der Waals surface area (Å²) >= 11 is 5.46. The van der Waals surface area contributed by atoms with E-state index in [0.717, 1.165) is 32.0 Å². The minimum absolute atomic E-state index is 0.104. The maximum atomic E-state index is 14.1. The highest BCUT2D eigenvalue weighted by Crippen LogP contribution is 2.30. The number of hydrogen-bond donors (Lipinski definition) is 3. The molecule has 1 aromatic heterocycles. The standard InChI is InChI=1S/C25H32F5N5O3S/c1-12-5-4-8-35(12)24(38)20(32-13(2)23(37)34-15-6-7-16(36)9-15)21(39)18-11-31-19(10-17(18)22(26)27)33-14(3)25(28,29)30/h10-12,14-16,20,22,36H,4-9H2,1-3H3,(H,31,33)(H,34,37)/b32-13+/t12-,14-,15+,16+,20?/m0/s1. The van der Waals surface area contributed by atoms with E-state index in [0.29, 0.717) is 25.8 Å². The Bertz CT molecular complexity index is 1120. The second-order valence-electron chi connectivity index (χ2n) is 10.0. The van der Waals surface area contributed by atoms with Gasteiger partial charge >= 0.3 is 6.18 Å². The molecular weight excluding hydrogens is 545 g/mol. The lowest BCUT2D eigenvalue weighted by atomic mass is 10.0. The van der Waals surface area contributed by atoms with Crippen molar-refractivity contribution in [3.05, 3.63) is 23.4 Å². The molecule has 3 N–H and O–H groups in total. The normalized spacial score (nSPS) is 23.6. The number of aromatic nitrogens is 1. The van der Waals surface area contributed by atoms with Crippen LogP contribution in [0.15, 0.2) is 17.3 Å². The summed E-state index contributed by atoms with van der Waals surface area (Å²) in [6.07, 6.45) is -4.47. The molecule has 0 radical (unpaired) electrons. The summed E-state index contributed by atoms with van der Waals surface area (Å²) in [4.78, 5) is 35.6. The maximum Gasteiger partial charge on any atom is 0.408 e. The van der Waals surface area contributed by atoms with Crippen LogP contribution in [0.2, 0.25) is 0 Å². The molecule has 3 rings (SSSR count). The van der Waals surface area contributed by atoms with E-state index < -0.39 is 54.0 Å². The van der Waals surface area contributed by atoms with Crippen LogP contribution < -0.4 is 10.6 Å². The Balaban J connectivity index is 1.94. The molecule has 1 aromatic rings. The monoisotopic (exact) mass is 577 g/mol. The molecule has 1 saturated carbocycles. The third-order valence-corrected chi connectivity index (χ3v) is 7.44. The topological polar surface area (TPSA) is 107 Å². The molecule has 5 atom stereocenters. The fourth-order valence-electron chi connectivity index (χ4n) is 4.66. The number of nitrogens with one attached hydrogen (secondary N) is 2. The highest BCUT2D eigenvalue weighted by atomic mass is 32.1. The van der Waals surface area contributed by atoms with Crippen LogP contribution in [0.25, 0.3) is 0 Å². The van der Waals surface area contributed by atoms with Gasteiger partial charge in [-0.15, -0.1) is 0 Å². The number of anilines is 1. The van der Waals surface area contributed by atoms with E-state index in [4.69, 9.17) is 12.2 Å². The number of rotatable bonds is 9.